The van der Waals surface area contributed by atoms with Gasteiger partial charge in [0.2, 0.25) is 0 Å². The molecule has 0 radical (unpaired) electrons. The van der Waals surface area contributed by atoms with Gasteiger partial charge in [0.1, 0.15) is 13.6 Å². The van der Waals surface area contributed by atoms with E-state index in [1.54, 1.807) is 4.90 Å². The van der Waals surface area contributed by atoms with Crippen molar-refractivity contribution in [2.24, 2.45) is 11.8 Å². The lowest BCUT2D eigenvalue weighted by atomic mass is 9.78. The number of carbonyl (C=O) groups excluding carboxylic acids is 3. The quantitative estimate of drug-likeness (QED) is 0.368. The minimum atomic E-state index is -0.971. The molecule has 6 rings (SSSR count). The fraction of sp³-hybridized carbons (Fsp3) is 0.595. The molecule has 1 atom stereocenters. The summed E-state index contributed by atoms with van der Waals surface area (Å²) in [5.41, 5.74) is 4.27. The first-order chi connectivity index (χ1) is 23.7. The Kier molecular flexibility index (Phi) is 11.3. The molecular formula is C37H52BN5O6. The van der Waals surface area contributed by atoms with Gasteiger partial charge in [0.25, 0.3) is 5.91 Å². The van der Waals surface area contributed by atoms with Gasteiger partial charge in [-0.15, -0.1) is 0 Å². The van der Waals surface area contributed by atoms with Crippen LogP contribution >= 0.6 is 0 Å². The van der Waals surface area contributed by atoms with Crippen molar-refractivity contribution in [3.8, 4) is 5.75 Å². The van der Waals surface area contributed by atoms with Crippen molar-refractivity contribution in [2.45, 2.75) is 70.4 Å². The first kappa shape index (κ1) is 35.1. The summed E-state index contributed by atoms with van der Waals surface area (Å²) in [6.07, 6.45) is 4.97. The molecule has 2 aromatic carbocycles. The number of hydrogen-bond acceptors (Lipinski definition) is 7. The average Bonchev–Trinajstić information content (AvgIpc) is 3.28. The molecule has 3 fully saturated rings. The predicted molar refractivity (Wildman–Crippen MR) is 191 cm³/mol. The van der Waals surface area contributed by atoms with E-state index in [2.05, 4.69) is 10.2 Å². The molecule has 4 aliphatic heterocycles. The maximum atomic E-state index is 14.1. The first-order valence-corrected chi connectivity index (χ1v) is 18.2. The van der Waals surface area contributed by atoms with Crippen LogP contribution in [0.1, 0.15) is 55.2 Å². The van der Waals surface area contributed by atoms with Crippen molar-refractivity contribution < 1.29 is 29.3 Å². The number of amides is 4. The number of phenols is 1. The molecule has 3 N–H and O–H groups in total. The van der Waals surface area contributed by atoms with Crippen molar-refractivity contribution >= 4 is 37.0 Å². The van der Waals surface area contributed by atoms with Crippen molar-refractivity contribution in [3.63, 3.8) is 0 Å². The highest BCUT2D eigenvalue weighted by Gasteiger charge is 2.37. The number of likely N-dealkylation sites (tertiary alicyclic amines) is 3. The van der Waals surface area contributed by atoms with Gasteiger partial charge in [0.05, 0.1) is 6.61 Å². The zero-order valence-electron chi connectivity index (χ0n) is 29.1. The molecule has 0 aromatic heterocycles. The predicted octanol–water partition coefficient (Wildman–Crippen LogP) is 2.50. The number of β-amino-alcohol motifs (C(OH)–C–C–N with tert-alkyl or cyclic N) is 1. The molecule has 0 bridgehead atoms. The molecule has 4 heterocycles. The smallest absolute Gasteiger partial charge is 0.410 e. The molecule has 0 spiro atoms. The van der Waals surface area contributed by atoms with Gasteiger partial charge in [0.15, 0.2) is 6.10 Å². The lowest BCUT2D eigenvalue weighted by molar-refractivity contribution is -0.142. The summed E-state index contributed by atoms with van der Waals surface area (Å²) < 4.78 is 6.08. The summed E-state index contributed by atoms with van der Waals surface area (Å²) in [6, 6.07) is 11.5. The van der Waals surface area contributed by atoms with Crippen LogP contribution in [0.3, 0.4) is 0 Å². The number of hydrogen-bond donors (Lipinski definition) is 3. The lowest BCUT2D eigenvalue weighted by Crippen LogP contribution is -2.52. The number of aryl methyl sites for hydroxylation is 1. The maximum Gasteiger partial charge on any atom is 0.410 e. The van der Waals surface area contributed by atoms with Gasteiger partial charge < -0.3 is 39.9 Å². The fourth-order valence-corrected chi connectivity index (χ4v) is 8.44. The van der Waals surface area contributed by atoms with E-state index in [0.717, 1.165) is 79.6 Å². The van der Waals surface area contributed by atoms with E-state index in [1.165, 1.54) is 0 Å². The first-order valence-electron chi connectivity index (χ1n) is 18.2. The van der Waals surface area contributed by atoms with Crippen LogP contribution in [0.2, 0.25) is 0 Å². The Bertz CT molecular complexity index is 1460. The fourth-order valence-electron chi connectivity index (χ4n) is 8.44. The van der Waals surface area contributed by atoms with Crippen molar-refractivity contribution in [1.29, 1.82) is 0 Å². The Morgan fingerprint density at radius 3 is 2.27 bits per heavy atom. The van der Waals surface area contributed by atoms with Crippen molar-refractivity contribution in [2.75, 3.05) is 64.3 Å². The van der Waals surface area contributed by atoms with E-state index in [9.17, 15) is 24.6 Å². The Balaban J connectivity index is 1.07. The Morgan fingerprint density at radius 2 is 1.59 bits per heavy atom. The van der Waals surface area contributed by atoms with Gasteiger partial charge in [0, 0.05) is 57.4 Å². The molecule has 4 aliphatic rings. The highest BCUT2D eigenvalue weighted by Crippen LogP contribution is 2.33. The number of ether oxygens (including phenoxy) is 1. The van der Waals surface area contributed by atoms with Gasteiger partial charge in [-0.2, -0.15) is 0 Å². The molecule has 0 unspecified atom stereocenters. The summed E-state index contributed by atoms with van der Waals surface area (Å²) in [6.45, 7) is 7.62. The van der Waals surface area contributed by atoms with Crippen LogP contribution < -0.4 is 10.8 Å². The van der Waals surface area contributed by atoms with E-state index in [-0.39, 0.29) is 36.8 Å². The second kappa shape index (κ2) is 15.8. The summed E-state index contributed by atoms with van der Waals surface area (Å²) in [5, 5.41) is 22.7. The molecule has 0 aliphatic carbocycles. The number of rotatable bonds is 8. The molecule has 264 valence electrons. The van der Waals surface area contributed by atoms with E-state index >= 15 is 0 Å². The van der Waals surface area contributed by atoms with E-state index in [4.69, 9.17) is 4.74 Å². The molecular weight excluding hydrogens is 621 g/mol. The molecule has 3 saturated heterocycles. The number of anilines is 1. The van der Waals surface area contributed by atoms with Crippen LogP contribution in [0.4, 0.5) is 15.3 Å². The average molecular weight is 674 g/mol. The molecule has 12 heteroatoms. The van der Waals surface area contributed by atoms with Crippen LogP contribution in [0, 0.1) is 18.8 Å². The van der Waals surface area contributed by atoms with Crippen molar-refractivity contribution in [3.05, 3.63) is 53.1 Å². The highest BCUT2D eigenvalue weighted by atomic mass is 16.6. The maximum absolute atomic E-state index is 14.1. The van der Waals surface area contributed by atoms with Crippen LogP contribution in [0.25, 0.3) is 0 Å². The summed E-state index contributed by atoms with van der Waals surface area (Å²) in [7, 11) is 1.83. The Labute approximate surface area is 291 Å². The number of carbonyl (C=O) groups is 3. The second-order valence-corrected chi connectivity index (χ2v) is 14.5. The summed E-state index contributed by atoms with van der Waals surface area (Å²) in [4.78, 5) is 48.6. The normalized spacial score (nSPS) is 20.8. The largest absolute Gasteiger partial charge is 0.508 e. The third kappa shape index (κ3) is 8.35. The monoisotopic (exact) mass is 673 g/mol. The third-order valence-electron chi connectivity index (χ3n) is 11.4. The van der Waals surface area contributed by atoms with Gasteiger partial charge in [-0.05, 0) is 105 Å². The van der Waals surface area contributed by atoms with Crippen LogP contribution in [-0.2, 0) is 22.4 Å². The third-order valence-corrected chi connectivity index (χ3v) is 11.4. The number of nitrogens with zero attached hydrogens (tertiary/aromatic N) is 4. The van der Waals surface area contributed by atoms with E-state index in [1.807, 2.05) is 61.0 Å². The molecule has 0 saturated carbocycles. The van der Waals surface area contributed by atoms with Gasteiger partial charge in [-0.3, -0.25) is 4.79 Å². The zero-order valence-corrected chi connectivity index (χ0v) is 29.1. The summed E-state index contributed by atoms with van der Waals surface area (Å²) >= 11 is 0. The van der Waals surface area contributed by atoms with Crippen LogP contribution in [0.5, 0.6) is 5.75 Å². The Morgan fingerprint density at radius 1 is 0.939 bits per heavy atom. The number of aliphatic hydroxyl groups excluding tert-OH is 1. The van der Waals surface area contributed by atoms with Crippen molar-refractivity contribution in [1.82, 2.24) is 19.6 Å². The molecule has 2 aromatic rings. The lowest BCUT2D eigenvalue weighted by Gasteiger charge is -2.41. The van der Waals surface area contributed by atoms with E-state index < -0.39 is 12.2 Å². The minimum absolute atomic E-state index is 0.0157. The Hall–Kier alpha value is -3.77. The van der Waals surface area contributed by atoms with Gasteiger partial charge in [-0.25, -0.2) is 9.59 Å². The number of aliphatic hydroxyl groups is 1. The molecule has 49 heavy (non-hydrogen) atoms. The molecule has 4 amide bonds. The highest BCUT2D eigenvalue weighted by molar-refractivity contribution is 6.34. The SMILES string of the molecule is Bc1cc(C[C@@H](OC(=O)N2CCC(N3CCc4ccccc4NC3=O)CC2)C(=O)N2CCC(C3CCN(CCO)CC3)CC2)cc(C)c1O. The van der Waals surface area contributed by atoms with E-state index in [0.29, 0.717) is 57.4 Å². The number of nitrogens with one attached hydrogen (secondary N) is 1. The van der Waals surface area contributed by atoms with Gasteiger partial charge >= 0.3 is 12.1 Å². The van der Waals surface area contributed by atoms with Crippen LogP contribution in [-0.4, -0.2) is 127 Å². The number of benzene rings is 2. The zero-order chi connectivity index (χ0) is 34.5. The minimum Gasteiger partial charge on any atom is -0.508 e. The summed E-state index contributed by atoms with van der Waals surface area (Å²) in [5.74, 6) is 1.29. The standard InChI is InChI=1S/C37H52BN5O6/c1-25-22-26(23-31(38)34(25)45)24-33(35(46)41-15-8-28(9-16-41)27-6-13-40(14-7-27)20-21-44)49-37(48)42-17-11-30(12-18-42)43-19-10-29-4-2-3-5-32(29)39-36(43)47/h2-5,22-23,27-28,30,33,44-45H,6-21,24,38H2,1H3,(H,39,47)/t33-/m1/s1. The number of aromatic hydroxyl groups is 1. The number of para-hydroxylation sites is 1. The number of phenolic OH excluding ortho intramolecular Hbond substituents is 1. The topological polar surface area (TPSA) is 126 Å². The number of urea groups is 1. The number of fused-ring (bicyclic) bond motifs is 1. The number of piperidine rings is 3. The molecule has 11 nitrogen and oxygen atoms in total. The van der Waals surface area contributed by atoms with Crippen LogP contribution in [0.15, 0.2) is 36.4 Å². The van der Waals surface area contributed by atoms with Gasteiger partial charge in [-0.1, -0.05) is 30.3 Å². The second-order valence-electron chi connectivity index (χ2n) is 14.5.